The number of piperazine rings is 1. The Morgan fingerprint density at radius 3 is 2.48 bits per heavy atom. The van der Waals surface area contributed by atoms with Crippen LogP contribution in [0, 0.1) is 0 Å². The summed E-state index contributed by atoms with van der Waals surface area (Å²) in [5.41, 5.74) is 2.23. The van der Waals surface area contributed by atoms with E-state index in [0.29, 0.717) is 24.1 Å². The number of phenolic OH excluding ortho intramolecular Hbond substituents is 1. The first-order valence-electron chi connectivity index (χ1n) is 11.5. The van der Waals surface area contributed by atoms with Crippen molar-refractivity contribution in [2.24, 2.45) is 0 Å². The molecule has 2 saturated heterocycles. The molecule has 2 aromatic rings. The van der Waals surface area contributed by atoms with Crippen molar-refractivity contribution < 1.29 is 14.6 Å². The zero-order chi connectivity index (χ0) is 21.6. The average Bonchev–Trinajstić information content (AvgIpc) is 2.82. The molecule has 6 heteroatoms. The number of nitrogens with zero attached hydrogens (tertiary/aromatic N) is 3. The highest BCUT2D eigenvalue weighted by Gasteiger charge is 2.28. The number of aromatic hydroxyl groups is 1. The van der Waals surface area contributed by atoms with Gasteiger partial charge in [0.15, 0.2) is 11.5 Å². The number of ether oxygens (including phenoxy) is 2. The topological polar surface area (TPSA) is 48.4 Å². The van der Waals surface area contributed by atoms with Crippen molar-refractivity contribution in [1.29, 1.82) is 0 Å². The van der Waals surface area contributed by atoms with Gasteiger partial charge in [-0.2, -0.15) is 0 Å². The summed E-state index contributed by atoms with van der Waals surface area (Å²) in [6, 6.07) is 14.8. The fraction of sp³-hybridized carbons (Fsp3) is 0.520. The van der Waals surface area contributed by atoms with E-state index in [9.17, 15) is 5.11 Å². The molecular formula is C25H35N3O3. The van der Waals surface area contributed by atoms with Crippen LogP contribution in [0.3, 0.4) is 0 Å². The summed E-state index contributed by atoms with van der Waals surface area (Å²) in [6.07, 6.45) is 2.46. The molecule has 1 atom stereocenters. The van der Waals surface area contributed by atoms with Gasteiger partial charge in [-0.05, 0) is 56.6 Å². The highest BCUT2D eigenvalue weighted by atomic mass is 16.5. The summed E-state index contributed by atoms with van der Waals surface area (Å²) in [7, 11) is 1.71. The first-order valence-corrected chi connectivity index (χ1v) is 11.5. The molecule has 4 rings (SSSR count). The quantitative estimate of drug-likeness (QED) is 0.732. The highest BCUT2D eigenvalue weighted by molar-refractivity contribution is 5.49. The summed E-state index contributed by atoms with van der Waals surface area (Å²) >= 11 is 0. The molecule has 2 fully saturated rings. The van der Waals surface area contributed by atoms with Crippen LogP contribution in [0.15, 0.2) is 42.5 Å². The third-order valence-electron chi connectivity index (χ3n) is 6.53. The van der Waals surface area contributed by atoms with Crippen molar-refractivity contribution >= 4 is 5.69 Å². The maximum Gasteiger partial charge on any atom is 0.162 e. The number of likely N-dealkylation sites (tertiary alicyclic amines) is 1. The number of piperidine rings is 1. The van der Waals surface area contributed by atoms with Crippen LogP contribution in [0.5, 0.6) is 17.2 Å². The monoisotopic (exact) mass is 425 g/mol. The second-order valence-corrected chi connectivity index (χ2v) is 8.45. The van der Waals surface area contributed by atoms with Crippen molar-refractivity contribution in [2.45, 2.75) is 32.4 Å². The molecule has 0 bridgehead atoms. The second-order valence-electron chi connectivity index (χ2n) is 8.45. The maximum absolute atomic E-state index is 10.6. The molecule has 0 amide bonds. The highest BCUT2D eigenvalue weighted by Crippen LogP contribution is 2.31. The lowest BCUT2D eigenvalue weighted by Gasteiger charge is -2.44. The molecule has 0 saturated carbocycles. The van der Waals surface area contributed by atoms with Crippen LogP contribution in [0.25, 0.3) is 0 Å². The lowest BCUT2D eigenvalue weighted by molar-refractivity contribution is 0.0882. The molecule has 2 aliphatic rings. The number of methoxy groups -OCH3 is 1. The summed E-state index contributed by atoms with van der Waals surface area (Å²) < 4.78 is 10.8. The van der Waals surface area contributed by atoms with Crippen molar-refractivity contribution in [3.63, 3.8) is 0 Å². The van der Waals surface area contributed by atoms with Gasteiger partial charge in [0.05, 0.1) is 13.7 Å². The minimum atomic E-state index is 0.291. The molecular weight excluding hydrogens is 390 g/mol. The summed E-state index contributed by atoms with van der Waals surface area (Å²) in [5.74, 6) is 1.78. The zero-order valence-corrected chi connectivity index (χ0v) is 18.8. The van der Waals surface area contributed by atoms with E-state index in [1.54, 1.807) is 7.11 Å². The van der Waals surface area contributed by atoms with E-state index in [4.69, 9.17) is 9.47 Å². The van der Waals surface area contributed by atoms with Gasteiger partial charge in [-0.25, -0.2) is 0 Å². The normalized spacial score (nSPS) is 20.6. The summed E-state index contributed by atoms with van der Waals surface area (Å²) in [5, 5.41) is 10.6. The molecule has 0 aliphatic carbocycles. The predicted molar refractivity (Wildman–Crippen MR) is 124 cm³/mol. The van der Waals surface area contributed by atoms with Crippen molar-refractivity contribution in [1.82, 2.24) is 9.80 Å². The van der Waals surface area contributed by atoms with Crippen LogP contribution < -0.4 is 14.4 Å². The molecule has 31 heavy (non-hydrogen) atoms. The lowest BCUT2D eigenvalue weighted by atomic mass is 10.0. The molecule has 2 aliphatic heterocycles. The molecule has 2 heterocycles. The van der Waals surface area contributed by atoms with Crippen LogP contribution >= 0.6 is 0 Å². The molecule has 168 valence electrons. The molecule has 0 spiro atoms. The van der Waals surface area contributed by atoms with Gasteiger partial charge in [0.1, 0.15) is 5.75 Å². The number of rotatable bonds is 7. The molecule has 6 nitrogen and oxygen atoms in total. The lowest BCUT2D eigenvalue weighted by Crippen LogP contribution is -2.55. The van der Waals surface area contributed by atoms with E-state index in [1.807, 2.05) is 37.3 Å². The smallest absolute Gasteiger partial charge is 0.162 e. The number of para-hydroxylation sites is 1. The molecule has 0 unspecified atom stereocenters. The van der Waals surface area contributed by atoms with Gasteiger partial charge < -0.3 is 19.5 Å². The Balaban J connectivity index is 1.31. The Labute approximate surface area is 186 Å². The minimum Gasteiger partial charge on any atom is -0.504 e. The Kier molecular flexibility index (Phi) is 7.20. The third kappa shape index (κ3) is 5.25. The Morgan fingerprint density at radius 1 is 1.00 bits per heavy atom. The van der Waals surface area contributed by atoms with Gasteiger partial charge in [-0.15, -0.1) is 0 Å². The largest absolute Gasteiger partial charge is 0.504 e. The number of hydrogen-bond donors (Lipinski definition) is 1. The third-order valence-corrected chi connectivity index (χ3v) is 6.53. The fourth-order valence-corrected chi connectivity index (χ4v) is 4.82. The first kappa shape index (κ1) is 21.8. The van der Waals surface area contributed by atoms with E-state index < -0.39 is 0 Å². The van der Waals surface area contributed by atoms with Gasteiger partial charge in [0.2, 0.25) is 0 Å². The van der Waals surface area contributed by atoms with E-state index >= 15 is 0 Å². The number of hydrogen-bond acceptors (Lipinski definition) is 6. The molecule has 0 aromatic heterocycles. The van der Waals surface area contributed by atoms with Crippen LogP contribution in [0.1, 0.15) is 25.3 Å². The van der Waals surface area contributed by atoms with Crippen molar-refractivity contribution in [3.05, 3.63) is 48.0 Å². The first-order chi connectivity index (χ1) is 15.2. The Bertz CT molecular complexity index is 834. The summed E-state index contributed by atoms with van der Waals surface area (Å²) in [6.45, 7) is 9.71. The Morgan fingerprint density at radius 2 is 1.77 bits per heavy atom. The van der Waals surface area contributed by atoms with Crippen LogP contribution in [0.2, 0.25) is 0 Å². The van der Waals surface area contributed by atoms with E-state index in [0.717, 1.165) is 57.1 Å². The van der Waals surface area contributed by atoms with Gasteiger partial charge in [0.25, 0.3) is 0 Å². The average molecular weight is 426 g/mol. The van der Waals surface area contributed by atoms with Crippen LogP contribution in [0.4, 0.5) is 5.69 Å². The minimum absolute atomic E-state index is 0.291. The van der Waals surface area contributed by atoms with Gasteiger partial charge >= 0.3 is 0 Å². The van der Waals surface area contributed by atoms with E-state index in [-0.39, 0.29) is 0 Å². The fourth-order valence-electron chi connectivity index (χ4n) is 4.82. The number of benzene rings is 2. The standard InChI is InChI=1S/C25H35N3O3/c1-3-31-24-8-4-6-20(25(24)29)18-26-13-5-7-22(19-26)28-16-14-27(15-17-28)21-9-11-23(30-2)12-10-21/h4,6,8-12,22,29H,3,5,7,13-19H2,1-2H3/t22-/m0/s1. The van der Waals surface area contributed by atoms with E-state index in [2.05, 4.69) is 26.8 Å². The Hall–Kier alpha value is -2.44. The van der Waals surface area contributed by atoms with Gasteiger partial charge in [-0.1, -0.05) is 12.1 Å². The predicted octanol–water partition coefficient (Wildman–Crippen LogP) is 3.59. The van der Waals surface area contributed by atoms with Crippen molar-refractivity contribution in [3.8, 4) is 17.2 Å². The number of phenols is 1. The van der Waals surface area contributed by atoms with Crippen LogP contribution in [-0.2, 0) is 6.54 Å². The second kappa shape index (κ2) is 10.2. The summed E-state index contributed by atoms with van der Waals surface area (Å²) in [4.78, 5) is 7.60. The molecule has 2 aromatic carbocycles. The van der Waals surface area contributed by atoms with Gasteiger partial charge in [-0.3, -0.25) is 9.80 Å². The van der Waals surface area contributed by atoms with Crippen LogP contribution in [-0.4, -0.2) is 73.9 Å². The molecule has 0 radical (unpaired) electrons. The number of anilines is 1. The molecule has 1 N–H and O–H groups in total. The maximum atomic E-state index is 10.6. The van der Waals surface area contributed by atoms with Gasteiger partial charge in [0, 0.05) is 56.6 Å². The van der Waals surface area contributed by atoms with Crippen molar-refractivity contribution in [2.75, 3.05) is 57.9 Å². The zero-order valence-electron chi connectivity index (χ0n) is 18.8. The SMILES string of the molecule is CCOc1cccc(CN2CCC[C@H](N3CCN(c4ccc(OC)cc4)CC3)C2)c1O. The van der Waals surface area contributed by atoms with E-state index in [1.165, 1.54) is 18.5 Å².